The van der Waals surface area contributed by atoms with Gasteiger partial charge in [-0.3, -0.25) is 14.9 Å². The summed E-state index contributed by atoms with van der Waals surface area (Å²) in [6.45, 7) is 7.04. The van der Waals surface area contributed by atoms with Gasteiger partial charge in [0.15, 0.2) is 0 Å². The van der Waals surface area contributed by atoms with Gasteiger partial charge >= 0.3 is 0 Å². The number of nitro groups is 1. The maximum Gasteiger partial charge on any atom is 0.269 e. The molecular formula is C13H18N2O3. The normalized spacial score (nSPS) is 11.9. The van der Waals surface area contributed by atoms with Crippen LogP contribution in [0, 0.1) is 10.1 Å². The summed E-state index contributed by atoms with van der Waals surface area (Å²) in [4.78, 5) is 24.0. The Bertz CT molecular complexity index is 424. The molecule has 0 bridgehead atoms. The summed E-state index contributed by atoms with van der Waals surface area (Å²) < 4.78 is 0. The van der Waals surface area contributed by atoms with Gasteiger partial charge in [0, 0.05) is 25.2 Å². The van der Waals surface area contributed by atoms with Crippen LogP contribution in [0.3, 0.4) is 0 Å². The zero-order valence-electron chi connectivity index (χ0n) is 10.9. The van der Waals surface area contributed by atoms with Gasteiger partial charge in [0.2, 0.25) is 5.91 Å². The lowest BCUT2D eigenvalue weighted by Gasteiger charge is -2.23. The largest absolute Gasteiger partial charge is 0.343 e. The Hall–Kier alpha value is -1.91. The topological polar surface area (TPSA) is 63.5 Å². The Balaban J connectivity index is 2.86. The second-order valence-electron chi connectivity index (χ2n) is 4.08. The number of carbonyl (C=O) groups is 1. The van der Waals surface area contributed by atoms with E-state index in [-0.39, 0.29) is 17.5 Å². The number of amides is 1. The third-order valence-electron chi connectivity index (χ3n) is 3.05. The highest BCUT2D eigenvalue weighted by Crippen LogP contribution is 2.21. The summed E-state index contributed by atoms with van der Waals surface area (Å²) in [6, 6.07) is 6.15. The van der Waals surface area contributed by atoms with Gasteiger partial charge in [0.1, 0.15) is 0 Å². The molecule has 1 rings (SSSR count). The molecule has 1 unspecified atom stereocenters. The molecule has 0 heterocycles. The van der Waals surface area contributed by atoms with Gasteiger partial charge in [-0.15, -0.1) is 0 Å². The summed E-state index contributed by atoms with van der Waals surface area (Å²) in [6.07, 6.45) is 0. The van der Waals surface area contributed by atoms with E-state index < -0.39 is 4.92 Å². The monoisotopic (exact) mass is 250 g/mol. The van der Waals surface area contributed by atoms with Crippen molar-refractivity contribution in [1.82, 2.24) is 4.90 Å². The number of nitrogens with zero attached hydrogens (tertiary/aromatic N) is 2. The second kappa shape index (κ2) is 6.14. The van der Waals surface area contributed by atoms with E-state index in [1.807, 2.05) is 20.8 Å². The minimum absolute atomic E-state index is 0.0428. The van der Waals surface area contributed by atoms with Gasteiger partial charge in [0.25, 0.3) is 5.69 Å². The average Bonchev–Trinajstić information content (AvgIpc) is 2.39. The first-order valence-electron chi connectivity index (χ1n) is 6.04. The molecule has 1 amide bonds. The van der Waals surface area contributed by atoms with Crippen LogP contribution in [0.1, 0.15) is 32.3 Å². The molecule has 0 aliphatic carbocycles. The molecule has 1 aromatic rings. The highest BCUT2D eigenvalue weighted by molar-refractivity contribution is 5.83. The third kappa shape index (κ3) is 3.06. The van der Waals surface area contributed by atoms with Crippen molar-refractivity contribution in [2.24, 2.45) is 0 Å². The van der Waals surface area contributed by atoms with Crippen molar-refractivity contribution in [2.45, 2.75) is 26.7 Å². The van der Waals surface area contributed by atoms with Crippen molar-refractivity contribution in [3.63, 3.8) is 0 Å². The van der Waals surface area contributed by atoms with Crippen molar-refractivity contribution < 1.29 is 9.72 Å². The quantitative estimate of drug-likeness (QED) is 0.596. The van der Waals surface area contributed by atoms with Crippen molar-refractivity contribution in [3.05, 3.63) is 39.9 Å². The van der Waals surface area contributed by atoms with Crippen molar-refractivity contribution in [1.29, 1.82) is 0 Å². The summed E-state index contributed by atoms with van der Waals surface area (Å²) in [7, 11) is 0. The Morgan fingerprint density at radius 2 is 1.78 bits per heavy atom. The molecule has 5 heteroatoms. The molecule has 0 aliphatic heterocycles. The average molecular weight is 250 g/mol. The lowest BCUT2D eigenvalue weighted by atomic mass is 9.99. The fourth-order valence-corrected chi connectivity index (χ4v) is 1.84. The van der Waals surface area contributed by atoms with Crippen LogP contribution in [0.4, 0.5) is 5.69 Å². The number of hydrogen-bond acceptors (Lipinski definition) is 3. The first kappa shape index (κ1) is 14.2. The Kier molecular flexibility index (Phi) is 4.83. The van der Waals surface area contributed by atoms with Gasteiger partial charge < -0.3 is 4.90 Å². The van der Waals surface area contributed by atoms with E-state index in [0.717, 1.165) is 5.56 Å². The zero-order chi connectivity index (χ0) is 13.7. The van der Waals surface area contributed by atoms with E-state index in [2.05, 4.69) is 0 Å². The van der Waals surface area contributed by atoms with E-state index in [4.69, 9.17) is 0 Å². The fourth-order valence-electron chi connectivity index (χ4n) is 1.84. The highest BCUT2D eigenvalue weighted by Gasteiger charge is 2.20. The molecule has 0 saturated carbocycles. The van der Waals surface area contributed by atoms with E-state index in [0.29, 0.717) is 13.1 Å². The number of rotatable bonds is 5. The molecule has 0 aliphatic rings. The highest BCUT2D eigenvalue weighted by atomic mass is 16.6. The number of carbonyl (C=O) groups excluding carboxylic acids is 1. The van der Waals surface area contributed by atoms with Crippen LogP contribution in [0.2, 0.25) is 0 Å². The van der Waals surface area contributed by atoms with Crippen LogP contribution >= 0.6 is 0 Å². The fraction of sp³-hybridized carbons (Fsp3) is 0.462. The van der Waals surface area contributed by atoms with E-state index in [1.54, 1.807) is 17.0 Å². The van der Waals surface area contributed by atoms with Crippen LogP contribution in [0.15, 0.2) is 24.3 Å². The number of benzene rings is 1. The molecule has 18 heavy (non-hydrogen) atoms. The van der Waals surface area contributed by atoms with Crippen LogP contribution in [-0.4, -0.2) is 28.8 Å². The Morgan fingerprint density at radius 3 is 2.17 bits per heavy atom. The molecule has 1 aromatic carbocycles. The molecule has 98 valence electrons. The first-order valence-corrected chi connectivity index (χ1v) is 6.04. The summed E-state index contributed by atoms with van der Waals surface area (Å²) in [5.74, 6) is -0.223. The van der Waals surface area contributed by atoms with Gasteiger partial charge in [-0.2, -0.15) is 0 Å². The van der Waals surface area contributed by atoms with Crippen molar-refractivity contribution >= 4 is 11.6 Å². The van der Waals surface area contributed by atoms with Gasteiger partial charge in [-0.25, -0.2) is 0 Å². The SMILES string of the molecule is CCN(CC)C(=O)C(C)c1ccc([N+](=O)[O-])cc1. The summed E-state index contributed by atoms with van der Waals surface area (Å²) >= 11 is 0. The Morgan fingerprint density at radius 1 is 1.28 bits per heavy atom. The van der Waals surface area contributed by atoms with Crippen LogP contribution < -0.4 is 0 Å². The van der Waals surface area contributed by atoms with Crippen molar-refractivity contribution in [2.75, 3.05) is 13.1 Å². The smallest absolute Gasteiger partial charge is 0.269 e. The van der Waals surface area contributed by atoms with Crippen LogP contribution in [-0.2, 0) is 4.79 Å². The predicted octanol–water partition coefficient (Wildman–Crippen LogP) is 2.57. The summed E-state index contributed by atoms with van der Waals surface area (Å²) in [5.41, 5.74) is 0.846. The first-order chi connectivity index (χ1) is 8.51. The number of hydrogen-bond donors (Lipinski definition) is 0. The summed E-state index contributed by atoms with van der Waals surface area (Å²) in [5, 5.41) is 10.5. The third-order valence-corrected chi connectivity index (χ3v) is 3.05. The maximum absolute atomic E-state index is 12.1. The van der Waals surface area contributed by atoms with Gasteiger partial charge in [-0.1, -0.05) is 12.1 Å². The molecule has 0 radical (unpaired) electrons. The molecular weight excluding hydrogens is 232 g/mol. The Labute approximate surface area is 107 Å². The minimum atomic E-state index is -0.444. The lowest BCUT2D eigenvalue weighted by molar-refractivity contribution is -0.384. The van der Waals surface area contributed by atoms with Gasteiger partial charge in [-0.05, 0) is 26.3 Å². The number of likely N-dealkylation sites (N-methyl/N-ethyl adjacent to an activating group) is 1. The molecule has 0 saturated heterocycles. The molecule has 0 aromatic heterocycles. The molecule has 5 nitrogen and oxygen atoms in total. The van der Waals surface area contributed by atoms with Crippen LogP contribution in [0.25, 0.3) is 0 Å². The second-order valence-corrected chi connectivity index (χ2v) is 4.08. The number of nitro benzene ring substituents is 1. The van der Waals surface area contributed by atoms with Crippen molar-refractivity contribution in [3.8, 4) is 0 Å². The van der Waals surface area contributed by atoms with Crippen LogP contribution in [0.5, 0.6) is 0 Å². The maximum atomic E-state index is 12.1. The minimum Gasteiger partial charge on any atom is -0.343 e. The molecule has 0 N–H and O–H groups in total. The lowest BCUT2D eigenvalue weighted by Crippen LogP contribution is -2.33. The van der Waals surface area contributed by atoms with E-state index in [9.17, 15) is 14.9 Å². The molecule has 1 atom stereocenters. The molecule has 0 spiro atoms. The van der Waals surface area contributed by atoms with Gasteiger partial charge in [0.05, 0.1) is 10.8 Å². The zero-order valence-corrected chi connectivity index (χ0v) is 10.9. The predicted molar refractivity (Wildman–Crippen MR) is 69.4 cm³/mol. The van der Waals surface area contributed by atoms with E-state index >= 15 is 0 Å². The van der Waals surface area contributed by atoms with E-state index in [1.165, 1.54) is 12.1 Å². The molecule has 0 fully saturated rings. The number of non-ortho nitro benzene ring substituents is 1. The standard InChI is InChI=1S/C13H18N2O3/c1-4-14(5-2)13(16)10(3)11-6-8-12(9-7-11)15(17)18/h6-10H,4-5H2,1-3H3.